The molecule has 0 N–H and O–H groups in total. The molecule has 0 aliphatic carbocycles. The van der Waals surface area contributed by atoms with Crippen LogP contribution in [0.25, 0.3) is 0 Å². The first-order valence-electron chi connectivity index (χ1n) is 8.77. The van der Waals surface area contributed by atoms with Gasteiger partial charge in [-0.1, -0.05) is 0 Å². The summed E-state index contributed by atoms with van der Waals surface area (Å²) >= 11 is 0. The summed E-state index contributed by atoms with van der Waals surface area (Å²) in [6.07, 6.45) is 0. The lowest BCUT2D eigenvalue weighted by molar-refractivity contribution is -0.0512. The number of carbonyl (C=O) groups excluding carboxylic acids is 2. The maximum absolute atomic E-state index is 12.5. The molecule has 0 atom stereocenters. The second kappa shape index (κ2) is 10.0. The summed E-state index contributed by atoms with van der Waals surface area (Å²) in [5, 5.41) is 0. The van der Waals surface area contributed by atoms with E-state index in [-0.39, 0.29) is 22.8 Å². The Hall–Kier alpha value is -2.94. The van der Waals surface area contributed by atoms with Crippen LogP contribution in [0, 0.1) is 13.8 Å². The van der Waals surface area contributed by atoms with E-state index < -0.39 is 19.2 Å². The summed E-state index contributed by atoms with van der Waals surface area (Å²) in [4.78, 5) is 24.7. The Bertz CT molecular complexity index is 878. The van der Waals surface area contributed by atoms with E-state index >= 15 is 0 Å². The van der Waals surface area contributed by atoms with Crippen molar-refractivity contribution in [2.75, 3.05) is 27.4 Å². The van der Waals surface area contributed by atoms with Gasteiger partial charge in [-0.15, -0.1) is 0 Å². The number of rotatable bonds is 10. The van der Waals surface area contributed by atoms with Crippen molar-refractivity contribution in [3.63, 3.8) is 0 Å². The van der Waals surface area contributed by atoms with Gasteiger partial charge in [-0.2, -0.15) is 8.78 Å². The number of halogens is 2. The van der Waals surface area contributed by atoms with Crippen molar-refractivity contribution in [1.29, 1.82) is 0 Å². The third-order valence-electron chi connectivity index (χ3n) is 4.34. The molecular formula is C20H23F2NO6. The summed E-state index contributed by atoms with van der Waals surface area (Å²) in [6, 6.07) is 5.37. The van der Waals surface area contributed by atoms with Crippen LogP contribution in [0.4, 0.5) is 8.78 Å². The number of ketones is 1. The van der Waals surface area contributed by atoms with Crippen LogP contribution < -0.4 is 9.47 Å². The summed E-state index contributed by atoms with van der Waals surface area (Å²) in [7, 11) is 2.85. The van der Waals surface area contributed by atoms with Crippen molar-refractivity contribution in [1.82, 2.24) is 4.57 Å². The molecule has 2 rings (SSSR count). The van der Waals surface area contributed by atoms with E-state index in [0.29, 0.717) is 18.7 Å². The topological polar surface area (TPSA) is 76.0 Å². The lowest BCUT2D eigenvalue weighted by Gasteiger charge is -2.11. The highest BCUT2D eigenvalue weighted by atomic mass is 19.3. The minimum atomic E-state index is -3.03. The highest BCUT2D eigenvalue weighted by molar-refractivity contribution is 6.00. The van der Waals surface area contributed by atoms with Gasteiger partial charge in [-0.3, -0.25) is 4.79 Å². The SMILES string of the molecule is COCCn1c(C)cc(C(=O)COC(=O)c2ccc(OC(F)F)c(OC)c2)c1C. The molecule has 0 spiro atoms. The molecule has 0 aliphatic heterocycles. The van der Waals surface area contributed by atoms with Crippen molar-refractivity contribution in [2.24, 2.45) is 0 Å². The highest BCUT2D eigenvalue weighted by Gasteiger charge is 2.19. The van der Waals surface area contributed by atoms with Crippen LogP contribution in [0.2, 0.25) is 0 Å². The Morgan fingerprint density at radius 2 is 1.83 bits per heavy atom. The smallest absolute Gasteiger partial charge is 0.387 e. The number of ether oxygens (including phenoxy) is 4. The highest BCUT2D eigenvalue weighted by Crippen LogP contribution is 2.29. The standard InChI is InChI=1S/C20H23F2NO6/c1-12-9-15(13(2)23(12)7-8-26-3)16(24)11-28-19(25)14-5-6-17(29-20(21)22)18(10-14)27-4/h5-6,9-10,20H,7-8,11H2,1-4H3. The number of hydrogen-bond acceptors (Lipinski definition) is 6. The van der Waals surface area contributed by atoms with Crippen LogP contribution in [0.15, 0.2) is 24.3 Å². The first kappa shape index (κ1) is 22.4. The number of methoxy groups -OCH3 is 2. The number of esters is 1. The minimum Gasteiger partial charge on any atom is -0.493 e. The van der Waals surface area contributed by atoms with Crippen molar-refractivity contribution in [3.05, 3.63) is 46.8 Å². The number of aromatic nitrogens is 1. The van der Waals surface area contributed by atoms with Gasteiger partial charge in [-0.25, -0.2) is 4.79 Å². The van der Waals surface area contributed by atoms with Gasteiger partial charge < -0.3 is 23.5 Å². The van der Waals surface area contributed by atoms with Gasteiger partial charge in [0.15, 0.2) is 18.1 Å². The van der Waals surface area contributed by atoms with Gasteiger partial charge in [0, 0.05) is 30.6 Å². The molecule has 7 nitrogen and oxygen atoms in total. The fourth-order valence-corrected chi connectivity index (χ4v) is 2.89. The molecule has 0 saturated heterocycles. The zero-order valence-electron chi connectivity index (χ0n) is 16.7. The molecule has 158 valence electrons. The van der Waals surface area contributed by atoms with E-state index in [2.05, 4.69) is 4.74 Å². The van der Waals surface area contributed by atoms with Gasteiger partial charge in [-0.05, 0) is 38.1 Å². The zero-order chi connectivity index (χ0) is 21.6. The van der Waals surface area contributed by atoms with Crippen molar-refractivity contribution in [2.45, 2.75) is 27.0 Å². The van der Waals surface area contributed by atoms with Gasteiger partial charge in [0.1, 0.15) is 0 Å². The van der Waals surface area contributed by atoms with Crippen LogP contribution in [0.1, 0.15) is 32.1 Å². The lowest BCUT2D eigenvalue weighted by atomic mass is 10.1. The van der Waals surface area contributed by atoms with E-state index in [0.717, 1.165) is 11.4 Å². The molecule has 9 heteroatoms. The molecular weight excluding hydrogens is 388 g/mol. The van der Waals surface area contributed by atoms with Gasteiger partial charge in [0.25, 0.3) is 0 Å². The average molecular weight is 411 g/mol. The van der Waals surface area contributed by atoms with Gasteiger partial charge in [0.2, 0.25) is 5.78 Å². The molecule has 0 amide bonds. The molecule has 0 aliphatic rings. The number of aryl methyl sites for hydroxylation is 1. The Labute approximate surface area is 167 Å². The van der Waals surface area contributed by atoms with Crippen LogP contribution in [-0.2, 0) is 16.0 Å². The average Bonchev–Trinajstić information content (AvgIpc) is 2.97. The third-order valence-corrected chi connectivity index (χ3v) is 4.34. The molecule has 29 heavy (non-hydrogen) atoms. The second-order valence-electron chi connectivity index (χ2n) is 6.17. The molecule has 1 heterocycles. The summed E-state index contributed by atoms with van der Waals surface area (Å²) < 4.78 is 46.1. The molecule has 0 radical (unpaired) electrons. The Morgan fingerprint density at radius 1 is 1.10 bits per heavy atom. The maximum Gasteiger partial charge on any atom is 0.387 e. The first-order valence-corrected chi connectivity index (χ1v) is 8.77. The Kier molecular flexibility index (Phi) is 7.72. The van der Waals surface area contributed by atoms with E-state index in [1.165, 1.54) is 25.3 Å². The molecule has 0 fully saturated rings. The van der Waals surface area contributed by atoms with E-state index in [9.17, 15) is 18.4 Å². The molecule has 0 unspecified atom stereocenters. The predicted octanol–water partition coefficient (Wildman–Crippen LogP) is 3.40. The van der Waals surface area contributed by atoms with Crippen LogP contribution in [0.5, 0.6) is 11.5 Å². The molecule has 1 aromatic carbocycles. The quantitative estimate of drug-likeness (QED) is 0.441. The Morgan fingerprint density at radius 3 is 2.45 bits per heavy atom. The van der Waals surface area contributed by atoms with Crippen LogP contribution >= 0.6 is 0 Å². The summed E-state index contributed by atoms with van der Waals surface area (Å²) in [5.41, 5.74) is 2.16. The lowest BCUT2D eigenvalue weighted by Crippen LogP contribution is -2.15. The molecule has 2 aromatic rings. The Balaban J connectivity index is 2.06. The van der Waals surface area contributed by atoms with Crippen LogP contribution in [-0.4, -0.2) is 50.4 Å². The molecule has 0 saturated carbocycles. The maximum atomic E-state index is 12.5. The van der Waals surface area contributed by atoms with Crippen molar-refractivity contribution < 1.29 is 37.3 Å². The number of Topliss-reactive ketones (excluding diaryl/α,β-unsaturated/α-hetero) is 1. The van der Waals surface area contributed by atoms with Gasteiger partial charge >= 0.3 is 12.6 Å². The normalized spacial score (nSPS) is 10.9. The fourth-order valence-electron chi connectivity index (χ4n) is 2.89. The number of alkyl halides is 2. The van der Waals surface area contributed by atoms with Crippen LogP contribution in [0.3, 0.4) is 0 Å². The van der Waals surface area contributed by atoms with Crippen molar-refractivity contribution in [3.8, 4) is 11.5 Å². The summed E-state index contributed by atoms with van der Waals surface area (Å²) in [6.45, 7) is 1.32. The fraction of sp³-hybridized carbons (Fsp3) is 0.400. The number of nitrogens with zero attached hydrogens (tertiary/aromatic N) is 1. The first-order chi connectivity index (χ1) is 13.8. The third kappa shape index (κ3) is 5.54. The minimum absolute atomic E-state index is 0.0434. The molecule has 0 bridgehead atoms. The van der Waals surface area contributed by atoms with Gasteiger partial charge in [0.05, 0.1) is 19.3 Å². The zero-order valence-corrected chi connectivity index (χ0v) is 16.7. The van der Waals surface area contributed by atoms with E-state index in [4.69, 9.17) is 14.2 Å². The monoisotopic (exact) mass is 411 g/mol. The number of benzene rings is 1. The van der Waals surface area contributed by atoms with E-state index in [1.807, 2.05) is 18.4 Å². The predicted molar refractivity (Wildman–Crippen MR) is 100 cm³/mol. The number of hydrogen-bond donors (Lipinski definition) is 0. The largest absolute Gasteiger partial charge is 0.493 e. The number of carbonyl (C=O) groups is 2. The summed E-state index contributed by atoms with van der Waals surface area (Å²) in [5.74, 6) is -1.39. The van der Waals surface area contributed by atoms with E-state index in [1.54, 1.807) is 13.2 Å². The van der Waals surface area contributed by atoms with Crippen molar-refractivity contribution >= 4 is 11.8 Å². The second-order valence-corrected chi connectivity index (χ2v) is 6.17. The molecule has 1 aromatic heterocycles.